The number of rotatable bonds is 3. The third-order valence-corrected chi connectivity index (χ3v) is 7.00. The second kappa shape index (κ2) is 5.83. The van der Waals surface area contributed by atoms with Gasteiger partial charge in [-0.15, -0.1) is 0 Å². The van der Waals surface area contributed by atoms with E-state index in [2.05, 4.69) is 20.8 Å². The first-order chi connectivity index (χ1) is 8.81. The summed E-state index contributed by atoms with van der Waals surface area (Å²) in [7, 11) is 0. The fourth-order valence-corrected chi connectivity index (χ4v) is 5.49. The van der Waals surface area contributed by atoms with Gasteiger partial charge in [-0.2, -0.15) is 0 Å². The summed E-state index contributed by atoms with van der Waals surface area (Å²) >= 11 is 3.84. The SMILES string of the molecule is BrCC1(CN2CC3CCCC3C2)CCCCCC1. The van der Waals surface area contributed by atoms with Crippen LogP contribution in [0.15, 0.2) is 0 Å². The number of nitrogens with zero attached hydrogens (tertiary/aromatic N) is 1. The van der Waals surface area contributed by atoms with E-state index in [-0.39, 0.29) is 0 Å². The van der Waals surface area contributed by atoms with Gasteiger partial charge in [0.2, 0.25) is 0 Å². The van der Waals surface area contributed by atoms with E-state index < -0.39 is 0 Å². The van der Waals surface area contributed by atoms with E-state index in [9.17, 15) is 0 Å². The lowest BCUT2D eigenvalue weighted by Gasteiger charge is -2.35. The van der Waals surface area contributed by atoms with E-state index in [0.717, 1.165) is 11.8 Å². The second-order valence-corrected chi connectivity index (χ2v) is 7.75. The maximum Gasteiger partial charge on any atom is 0.0100 e. The molecule has 0 N–H and O–H groups in total. The van der Waals surface area contributed by atoms with E-state index in [1.165, 1.54) is 82.8 Å². The molecule has 2 heteroatoms. The van der Waals surface area contributed by atoms with E-state index in [1.807, 2.05) is 0 Å². The smallest absolute Gasteiger partial charge is 0.0100 e. The van der Waals surface area contributed by atoms with E-state index >= 15 is 0 Å². The van der Waals surface area contributed by atoms with Crippen molar-refractivity contribution in [2.75, 3.05) is 25.0 Å². The summed E-state index contributed by atoms with van der Waals surface area (Å²) in [6, 6.07) is 0. The molecule has 3 aliphatic rings. The predicted molar refractivity (Wildman–Crippen MR) is 81.2 cm³/mol. The van der Waals surface area contributed by atoms with Gasteiger partial charge in [0, 0.05) is 25.0 Å². The Morgan fingerprint density at radius 2 is 1.50 bits per heavy atom. The van der Waals surface area contributed by atoms with Crippen molar-refractivity contribution in [1.29, 1.82) is 0 Å². The van der Waals surface area contributed by atoms with Crippen LogP contribution in [0.25, 0.3) is 0 Å². The minimum Gasteiger partial charge on any atom is -0.302 e. The molecule has 3 rings (SSSR count). The Balaban J connectivity index is 1.59. The molecule has 104 valence electrons. The molecule has 0 aromatic heterocycles. The van der Waals surface area contributed by atoms with Crippen molar-refractivity contribution in [3.05, 3.63) is 0 Å². The molecule has 0 spiro atoms. The highest BCUT2D eigenvalue weighted by Crippen LogP contribution is 2.42. The van der Waals surface area contributed by atoms with E-state index in [0.29, 0.717) is 5.41 Å². The van der Waals surface area contributed by atoms with Crippen LogP contribution >= 0.6 is 15.9 Å². The number of hydrogen-bond donors (Lipinski definition) is 0. The Hall–Kier alpha value is 0.440. The van der Waals surface area contributed by atoms with Crippen molar-refractivity contribution in [3.8, 4) is 0 Å². The third kappa shape index (κ3) is 2.80. The predicted octanol–water partition coefficient (Wildman–Crippen LogP) is 4.45. The number of fused-ring (bicyclic) bond motifs is 1. The topological polar surface area (TPSA) is 3.24 Å². The minimum atomic E-state index is 0.606. The van der Waals surface area contributed by atoms with Crippen LogP contribution in [-0.2, 0) is 0 Å². The largest absolute Gasteiger partial charge is 0.302 e. The average Bonchev–Trinajstić information content (AvgIpc) is 2.85. The number of hydrogen-bond acceptors (Lipinski definition) is 1. The molecular formula is C16H28BrN. The van der Waals surface area contributed by atoms with Crippen molar-refractivity contribution in [2.24, 2.45) is 17.3 Å². The third-order valence-electron chi connectivity index (χ3n) is 5.81. The number of alkyl halides is 1. The first kappa shape index (κ1) is 13.4. The normalized spacial score (nSPS) is 36.5. The maximum atomic E-state index is 3.84. The van der Waals surface area contributed by atoms with Crippen molar-refractivity contribution in [2.45, 2.75) is 57.8 Å². The molecule has 3 fully saturated rings. The van der Waals surface area contributed by atoms with Crippen LogP contribution in [0.2, 0.25) is 0 Å². The Bertz CT molecular complexity index is 258. The van der Waals surface area contributed by atoms with Gasteiger partial charge in [-0.25, -0.2) is 0 Å². The van der Waals surface area contributed by atoms with Crippen LogP contribution in [0.3, 0.4) is 0 Å². The fraction of sp³-hybridized carbons (Fsp3) is 1.00. The molecular weight excluding hydrogens is 286 g/mol. The van der Waals surface area contributed by atoms with Crippen LogP contribution in [0.1, 0.15) is 57.8 Å². The van der Waals surface area contributed by atoms with Gasteiger partial charge in [0.1, 0.15) is 0 Å². The Morgan fingerprint density at radius 3 is 2.06 bits per heavy atom. The Labute approximate surface area is 121 Å². The Kier molecular flexibility index (Phi) is 4.35. The summed E-state index contributed by atoms with van der Waals surface area (Å²) in [5, 5.41) is 1.23. The highest BCUT2D eigenvalue weighted by atomic mass is 79.9. The fourth-order valence-electron chi connectivity index (χ4n) is 4.75. The van der Waals surface area contributed by atoms with Crippen LogP contribution in [-0.4, -0.2) is 29.9 Å². The zero-order valence-corrected chi connectivity index (χ0v) is 13.3. The van der Waals surface area contributed by atoms with Crippen LogP contribution in [0.4, 0.5) is 0 Å². The van der Waals surface area contributed by atoms with Gasteiger partial charge in [0.25, 0.3) is 0 Å². The van der Waals surface area contributed by atoms with Crippen molar-refractivity contribution in [1.82, 2.24) is 4.90 Å². The first-order valence-corrected chi connectivity index (χ1v) is 9.22. The summed E-state index contributed by atoms with van der Waals surface area (Å²) < 4.78 is 0. The molecule has 2 saturated carbocycles. The van der Waals surface area contributed by atoms with E-state index in [1.54, 1.807) is 0 Å². The monoisotopic (exact) mass is 313 g/mol. The van der Waals surface area contributed by atoms with Crippen LogP contribution in [0.5, 0.6) is 0 Å². The van der Waals surface area contributed by atoms with E-state index in [4.69, 9.17) is 0 Å². The van der Waals surface area contributed by atoms with Crippen molar-refractivity contribution < 1.29 is 0 Å². The summed E-state index contributed by atoms with van der Waals surface area (Å²) in [4.78, 5) is 2.82. The van der Waals surface area contributed by atoms with Gasteiger partial charge in [-0.1, -0.05) is 48.0 Å². The lowest BCUT2D eigenvalue weighted by atomic mass is 9.82. The molecule has 18 heavy (non-hydrogen) atoms. The molecule has 0 radical (unpaired) electrons. The maximum absolute atomic E-state index is 3.84. The molecule has 1 saturated heterocycles. The molecule has 2 unspecified atom stereocenters. The molecule has 0 bridgehead atoms. The molecule has 1 nitrogen and oxygen atoms in total. The zero-order chi connectivity index (χ0) is 12.4. The van der Waals surface area contributed by atoms with Gasteiger partial charge in [0.15, 0.2) is 0 Å². The lowest BCUT2D eigenvalue weighted by Crippen LogP contribution is -2.38. The molecule has 0 amide bonds. The van der Waals surface area contributed by atoms with Gasteiger partial charge in [-0.05, 0) is 42.9 Å². The molecule has 0 aromatic carbocycles. The second-order valence-electron chi connectivity index (χ2n) is 7.19. The summed E-state index contributed by atoms with van der Waals surface area (Å²) in [6.45, 7) is 4.21. The molecule has 2 atom stereocenters. The summed E-state index contributed by atoms with van der Waals surface area (Å²) in [6.07, 6.45) is 13.3. The lowest BCUT2D eigenvalue weighted by molar-refractivity contribution is 0.167. The summed E-state index contributed by atoms with van der Waals surface area (Å²) in [5.41, 5.74) is 0.606. The van der Waals surface area contributed by atoms with Crippen LogP contribution < -0.4 is 0 Å². The van der Waals surface area contributed by atoms with Gasteiger partial charge in [0.05, 0.1) is 0 Å². The highest BCUT2D eigenvalue weighted by Gasteiger charge is 2.39. The quantitative estimate of drug-likeness (QED) is 0.549. The zero-order valence-electron chi connectivity index (χ0n) is 11.7. The molecule has 0 aromatic rings. The Morgan fingerprint density at radius 1 is 0.889 bits per heavy atom. The first-order valence-electron chi connectivity index (χ1n) is 8.10. The number of halogens is 1. The van der Waals surface area contributed by atoms with Gasteiger partial charge in [-0.3, -0.25) is 0 Å². The van der Waals surface area contributed by atoms with Crippen molar-refractivity contribution >= 4 is 15.9 Å². The van der Waals surface area contributed by atoms with Gasteiger partial charge >= 0.3 is 0 Å². The average molecular weight is 314 g/mol. The van der Waals surface area contributed by atoms with Crippen molar-refractivity contribution in [3.63, 3.8) is 0 Å². The highest BCUT2D eigenvalue weighted by molar-refractivity contribution is 9.09. The standard InChI is InChI=1S/C16H28BrN/c17-12-16(8-3-1-2-4-9-16)13-18-10-14-6-5-7-15(14)11-18/h14-15H,1-13H2. The molecule has 1 aliphatic heterocycles. The van der Waals surface area contributed by atoms with Crippen LogP contribution in [0, 0.1) is 17.3 Å². The number of likely N-dealkylation sites (tertiary alicyclic amines) is 1. The molecule has 2 aliphatic carbocycles. The minimum absolute atomic E-state index is 0.606. The molecule has 1 heterocycles. The summed E-state index contributed by atoms with van der Waals surface area (Å²) in [5.74, 6) is 2.12. The van der Waals surface area contributed by atoms with Gasteiger partial charge < -0.3 is 4.90 Å².